The third-order valence-corrected chi connectivity index (χ3v) is 13.6. The van der Waals surface area contributed by atoms with E-state index >= 15 is 0 Å². The molecule has 0 bridgehead atoms. The van der Waals surface area contributed by atoms with Crippen LogP contribution in [0.5, 0.6) is 0 Å². The lowest BCUT2D eigenvalue weighted by molar-refractivity contribution is -0.231. The van der Waals surface area contributed by atoms with Crippen molar-refractivity contribution in [3.63, 3.8) is 0 Å². The second kappa shape index (κ2) is 11.5. The number of carbonyl (C=O) groups excluding carboxylic acids is 4. The van der Waals surface area contributed by atoms with Gasteiger partial charge in [0.05, 0.1) is 0 Å². The molecule has 0 aromatic heterocycles. The van der Waals surface area contributed by atoms with Crippen molar-refractivity contribution in [3.05, 3.63) is 12.7 Å². The molecule has 3 aliphatic carbocycles. The molecule has 4 amide bonds. The van der Waals surface area contributed by atoms with Crippen LogP contribution >= 0.6 is 0 Å². The Bertz CT molecular complexity index is 1440. The molecule has 47 heavy (non-hydrogen) atoms. The highest BCUT2D eigenvalue weighted by Gasteiger charge is 2.73. The number of alkyl carbamates (subject to hydrolysis) is 1. The Hall–Kier alpha value is -2.67. The van der Waals surface area contributed by atoms with Gasteiger partial charge in [0.2, 0.25) is 11.8 Å². The molecule has 5 aliphatic rings. The van der Waals surface area contributed by atoms with Crippen LogP contribution in [0.15, 0.2) is 12.7 Å². The lowest BCUT2D eigenvalue weighted by Crippen LogP contribution is -2.66. The van der Waals surface area contributed by atoms with E-state index in [2.05, 4.69) is 35.8 Å². The van der Waals surface area contributed by atoms with Crippen molar-refractivity contribution >= 4 is 34.0 Å². The minimum Gasteiger partial charge on any atom is -0.444 e. The summed E-state index contributed by atoms with van der Waals surface area (Å²) in [7, 11) is -4.07. The first-order valence-corrected chi connectivity index (χ1v) is 18.5. The van der Waals surface area contributed by atoms with E-state index in [0.717, 1.165) is 32.1 Å². The number of hydrogen-bond donors (Lipinski definition) is 3. The monoisotopic (exact) mass is 677 g/mol. The molecule has 2 spiro atoms. The Balaban J connectivity index is 1.43. The second-order valence-electron chi connectivity index (χ2n) is 17.4. The van der Waals surface area contributed by atoms with E-state index in [1.165, 1.54) is 10.7 Å². The Morgan fingerprint density at radius 3 is 2.04 bits per heavy atom. The number of ether oxygens (including phenoxy) is 1. The number of rotatable bonds is 8. The van der Waals surface area contributed by atoms with Crippen molar-refractivity contribution in [2.24, 2.45) is 27.6 Å². The molecule has 264 valence electrons. The first-order chi connectivity index (χ1) is 21.5. The highest BCUT2D eigenvalue weighted by molar-refractivity contribution is 7.87. The van der Waals surface area contributed by atoms with Gasteiger partial charge in [0.1, 0.15) is 23.2 Å². The molecule has 3 saturated carbocycles. The number of nitrogens with zero attached hydrogens (tertiary/aromatic N) is 2. The molecule has 12 nitrogen and oxygen atoms in total. The highest BCUT2D eigenvalue weighted by atomic mass is 32.2. The topological polar surface area (TPSA) is 154 Å². The number of amides is 4. The third kappa shape index (κ3) is 6.08. The maximum atomic E-state index is 14.6. The SMILES string of the molecule is C=C[C@@H]1C[C@]1(NC(=O)[C@@H]1C[C@]2(CN1C(=O)[C@@H](NC(=O)OC(C)(C)C)C(C)(C)C)CC1(CCC1)C2(C)C)C(=O)NS(=O)(=O)N1CCCC1. The maximum absolute atomic E-state index is 14.6. The van der Waals surface area contributed by atoms with Gasteiger partial charge >= 0.3 is 16.3 Å². The quantitative estimate of drug-likeness (QED) is 0.332. The van der Waals surface area contributed by atoms with E-state index in [1.807, 2.05) is 20.8 Å². The van der Waals surface area contributed by atoms with E-state index in [4.69, 9.17) is 4.74 Å². The van der Waals surface area contributed by atoms with E-state index in [9.17, 15) is 27.6 Å². The summed E-state index contributed by atoms with van der Waals surface area (Å²) in [4.78, 5) is 57.1. The molecule has 2 saturated heterocycles. The third-order valence-electron chi connectivity index (χ3n) is 12.1. The average Bonchev–Trinajstić information content (AvgIpc) is 3.26. The van der Waals surface area contributed by atoms with Crippen LogP contribution in [0, 0.1) is 27.6 Å². The summed E-state index contributed by atoms with van der Waals surface area (Å²) in [5.41, 5.74) is -3.26. The van der Waals surface area contributed by atoms with E-state index in [0.29, 0.717) is 26.1 Å². The summed E-state index contributed by atoms with van der Waals surface area (Å²) in [5, 5.41) is 5.70. The molecule has 13 heteroatoms. The lowest BCUT2D eigenvalue weighted by atomic mass is 9.32. The largest absolute Gasteiger partial charge is 0.444 e. The molecule has 0 unspecified atom stereocenters. The highest BCUT2D eigenvalue weighted by Crippen LogP contribution is 2.77. The van der Waals surface area contributed by atoms with E-state index < -0.39 is 68.6 Å². The van der Waals surface area contributed by atoms with Gasteiger partial charge in [0.15, 0.2) is 0 Å². The molecule has 2 heterocycles. The maximum Gasteiger partial charge on any atom is 0.408 e. The van der Waals surface area contributed by atoms with Crippen molar-refractivity contribution in [1.82, 2.24) is 24.6 Å². The molecule has 3 N–H and O–H groups in total. The average molecular weight is 678 g/mol. The molecule has 0 radical (unpaired) electrons. The van der Waals surface area contributed by atoms with Gasteiger partial charge in [-0.3, -0.25) is 14.4 Å². The molecule has 0 aromatic rings. The van der Waals surface area contributed by atoms with Gasteiger partial charge in [-0.25, -0.2) is 9.52 Å². The Labute approximate surface area is 280 Å². The molecule has 2 aliphatic heterocycles. The van der Waals surface area contributed by atoms with E-state index in [-0.39, 0.29) is 22.7 Å². The molecule has 5 rings (SSSR count). The number of hydrogen-bond acceptors (Lipinski definition) is 7. The predicted molar refractivity (Wildman–Crippen MR) is 177 cm³/mol. The predicted octanol–water partition coefficient (Wildman–Crippen LogP) is 3.63. The first kappa shape index (κ1) is 35.6. The second-order valence-corrected chi connectivity index (χ2v) is 19.1. The van der Waals surface area contributed by atoms with Gasteiger partial charge in [-0.05, 0) is 87.4 Å². The van der Waals surface area contributed by atoms with Crippen LogP contribution in [0.2, 0.25) is 0 Å². The summed E-state index contributed by atoms with van der Waals surface area (Å²) in [6.45, 7) is 20.1. The minimum absolute atomic E-state index is 0.135. The fourth-order valence-electron chi connectivity index (χ4n) is 8.76. The zero-order valence-corrected chi connectivity index (χ0v) is 30.3. The number of nitrogens with one attached hydrogen (secondary N) is 3. The standard InChI is InChI=1S/C34H55N5O7S/c1-10-22-18-34(22,27(42)37-47(44,45)38-16-11-12-17-38)36-25(40)23-19-33(20-32(14-13-15-32)31(33,8)9)21-39(23)26(41)24(29(2,3)4)35-28(43)46-30(5,6)7/h10,22-24H,1,11-21H2,2-9H3,(H,35,43)(H,36,40)(H,37,42)/t22-,23+,24-,33-,34-/m1/s1. The van der Waals surface area contributed by atoms with Gasteiger partial charge in [0.25, 0.3) is 5.91 Å². The van der Waals surface area contributed by atoms with Crippen molar-refractivity contribution in [1.29, 1.82) is 0 Å². The van der Waals surface area contributed by atoms with Crippen LogP contribution < -0.4 is 15.4 Å². The van der Waals surface area contributed by atoms with Crippen LogP contribution in [0.25, 0.3) is 0 Å². The van der Waals surface area contributed by atoms with Gasteiger partial charge in [-0.2, -0.15) is 12.7 Å². The summed E-state index contributed by atoms with van der Waals surface area (Å²) in [5.74, 6) is -2.17. The van der Waals surface area contributed by atoms with Crippen LogP contribution in [0.1, 0.15) is 107 Å². The van der Waals surface area contributed by atoms with Crippen LogP contribution in [0.3, 0.4) is 0 Å². The molecular weight excluding hydrogens is 622 g/mol. The Morgan fingerprint density at radius 1 is 0.957 bits per heavy atom. The van der Waals surface area contributed by atoms with Gasteiger partial charge in [-0.1, -0.05) is 47.1 Å². The van der Waals surface area contributed by atoms with Crippen molar-refractivity contribution in [2.75, 3.05) is 19.6 Å². The first-order valence-electron chi connectivity index (χ1n) is 17.1. The minimum atomic E-state index is -4.07. The number of carbonyl (C=O) groups is 4. The summed E-state index contributed by atoms with van der Waals surface area (Å²) >= 11 is 0. The van der Waals surface area contributed by atoms with Crippen LogP contribution in [0.4, 0.5) is 4.79 Å². The van der Waals surface area contributed by atoms with Crippen LogP contribution in [-0.2, 0) is 29.3 Å². The number of likely N-dealkylation sites (tertiary alicyclic amines) is 1. The molecular formula is C34H55N5O7S. The zero-order chi connectivity index (χ0) is 35.0. The van der Waals surface area contributed by atoms with Crippen molar-refractivity contribution < 1.29 is 32.3 Å². The summed E-state index contributed by atoms with van der Waals surface area (Å²) < 4.78 is 34.9. The summed E-state index contributed by atoms with van der Waals surface area (Å²) in [6, 6.07) is -1.91. The van der Waals surface area contributed by atoms with Crippen molar-refractivity contribution in [3.8, 4) is 0 Å². The Morgan fingerprint density at radius 2 is 1.57 bits per heavy atom. The smallest absolute Gasteiger partial charge is 0.408 e. The van der Waals surface area contributed by atoms with Gasteiger partial charge in [0, 0.05) is 25.6 Å². The zero-order valence-electron chi connectivity index (χ0n) is 29.5. The molecule has 0 aromatic carbocycles. The fourth-order valence-corrected chi connectivity index (χ4v) is 10.0. The Kier molecular flexibility index (Phi) is 8.68. The van der Waals surface area contributed by atoms with Crippen molar-refractivity contribution in [2.45, 2.75) is 130 Å². The van der Waals surface area contributed by atoms with Gasteiger partial charge < -0.3 is 20.3 Å². The molecule has 5 fully saturated rings. The van der Waals surface area contributed by atoms with Gasteiger partial charge in [-0.15, -0.1) is 6.58 Å². The van der Waals surface area contributed by atoms with E-state index in [1.54, 1.807) is 31.7 Å². The lowest BCUT2D eigenvalue weighted by Gasteiger charge is -2.72. The van der Waals surface area contributed by atoms with Crippen LogP contribution in [-0.4, -0.2) is 84.3 Å². The fraction of sp³-hybridized carbons (Fsp3) is 0.824. The summed E-state index contributed by atoms with van der Waals surface area (Å²) in [6.07, 6.45) is 7.18. The normalized spacial score (nSPS) is 31.8. The molecule has 5 atom stereocenters.